The predicted molar refractivity (Wildman–Crippen MR) is 79.6 cm³/mol. The van der Waals surface area contributed by atoms with E-state index < -0.39 is 0 Å². The van der Waals surface area contributed by atoms with Crippen molar-refractivity contribution in [1.29, 1.82) is 0 Å². The largest absolute Gasteiger partial charge is 0.337 e. The maximum Gasteiger partial charge on any atom is 0.274 e. The van der Waals surface area contributed by atoms with E-state index >= 15 is 0 Å². The summed E-state index contributed by atoms with van der Waals surface area (Å²) in [6.45, 7) is 11.9. The zero-order valence-corrected chi connectivity index (χ0v) is 13.2. The summed E-state index contributed by atoms with van der Waals surface area (Å²) >= 11 is 0. The van der Waals surface area contributed by atoms with Gasteiger partial charge in [-0.15, -0.1) is 0 Å². The first-order valence-electron chi connectivity index (χ1n) is 7.22. The maximum absolute atomic E-state index is 12.5. The van der Waals surface area contributed by atoms with Crippen LogP contribution in [0.5, 0.6) is 0 Å². The second-order valence-corrected chi connectivity index (χ2v) is 7.53. The number of nitrogens with two attached hydrogens (primary N) is 1. The molecule has 0 aliphatic carbocycles. The van der Waals surface area contributed by atoms with E-state index in [1.807, 2.05) is 11.0 Å². The fraction of sp³-hybridized carbons (Fsp3) is 0.733. The summed E-state index contributed by atoms with van der Waals surface area (Å²) in [4.78, 5) is 14.4. The van der Waals surface area contributed by atoms with Crippen molar-refractivity contribution in [3.63, 3.8) is 0 Å². The van der Waals surface area contributed by atoms with Crippen LogP contribution in [-0.2, 0) is 5.41 Å². The Bertz CT molecular complexity index is 498. The third kappa shape index (κ3) is 2.87. The number of carbonyl (C=O) groups excluding carboxylic acids is 1. The Hall–Kier alpha value is -1.36. The van der Waals surface area contributed by atoms with Crippen LogP contribution in [0.25, 0.3) is 0 Å². The second-order valence-electron chi connectivity index (χ2n) is 7.53. The van der Waals surface area contributed by atoms with Gasteiger partial charge in [0.1, 0.15) is 5.69 Å². The van der Waals surface area contributed by atoms with Gasteiger partial charge in [-0.05, 0) is 17.9 Å². The van der Waals surface area contributed by atoms with E-state index in [1.54, 1.807) is 0 Å². The highest BCUT2D eigenvalue weighted by Gasteiger charge is 2.36. The molecular weight excluding hydrogens is 252 g/mol. The highest BCUT2D eigenvalue weighted by Crippen LogP contribution is 2.29. The van der Waals surface area contributed by atoms with Crippen molar-refractivity contribution >= 4 is 5.91 Å². The van der Waals surface area contributed by atoms with Crippen molar-refractivity contribution in [2.75, 3.05) is 13.1 Å². The molecule has 3 N–H and O–H groups in total. The smallest absolute Gasteiger partial charge is 0.274 e. The number of rotatable bonds is 1. The standard InChI is InChI=1S/C15H26N4O/c1-14(2,3)12-8-10(17-18-12)13(20)19-7-6-11(16)15(4,5)9-19/h8,11H,6-7,9,16H2,1-5H3,(H,17,18). The van der Waals surface area contributed by atoms with Gasteiger partial charge in [-0.2, -0.15) is 5.10 Å². The average molecular weight is 278 g/mol. The van der Waals surface area contributed by atoms with Gasteiger partial charge < -0.3 is 10.6 Å². The Morgan fingerprint density at radius 3 is 2.65 bits per heavy atom. The molecule has 0 bridgehead atoms. The highest BCUT2D eigenvalue weighted by atomic mass is 16.2. The van der Waals surface area contributed by atoms with Crippen LogP contribution in [0.2, 0.25) is 0 Å². The third-order valence-corrected chi connectivity index (χ3v) is 4.20. The molecule has 1 aromatic rings. The molecule has 1 aliphatic heterocycles. The maximum atomic E-state index is 12.5. The monoisotopic (exact) mass is 278 g/mol. The minimum absolute atomic E-state index is 0.00303. The number of aromatic nitrogens is 2. The summed E-state index contributed by atoms with van der Waals surface area (Å²) < 4.78 is 0. The molecule has 1 amide bonds. The van der Waals surface area contributed by atoms with Gasteiger partial charge in [0.25, 0.3) is 5.91 Å². The number of hydrogen-bond donors (Lipinski definition) is 2. The summed E-state index contributed by atoms with van der Waals surface area (Å²) in [5.41, 5.74) is 7.52. The molecule has 0 aromatic carbocycles. The fourth-order valence-corrected chi connectivity index (χ4v) is 2.52. The zero-order valence-electron chi connectivity index (χ0n) is 13.2. The first-order valence-corrected chi connectivity index (χ1v) is 7.22. The number of nitrogens with zero attached hydrogens (tertiary/aromatic N) is 2. The number of nitrogens with one attached hydrogen (secondary N) is 1. The molecule has 5 heteroatoms. The Morgan fingerprint density at radius 1 is 1.50 bits per heavy atom. The number of hydrogen-bond acceptors (Lipinski definition) is 3. The van der Waals surface area contributed by atoms with Gasteiger partial charge in [-0.25, -0.2) is 0 Å². The van der Waals surface area contributed by atoms with Crippen LogP contribution in [0.15, 0.2) is 6.07 Å². The molecule has 1 fully saturated rings. The lowest BCUT2D eigenvalue weighted by Crippen LogP contribution is -2.54. The first kappa shape index (κ1) is 15.0. The Morgan fingerprint density at radius 2 is 2.15 bits per heavy atom. The molecule has 1 saturated heterocycles. The summed E-state index contributed by atoms with van der Waals surface area (Å²) in [5.74, 6) is -0.00303. The molecule has 1 unspecified atom stereocenters. The van der Waals surface area contributed by atoms with Crippen LogP contribution in [-0.4, -0.2) is 40.1 Å². The molecule has 5 nitrogen and oxygen atoms in total. The highest BCUT2D eigenvalue weighted by molar-refractivity contribution is 5.92. The summed E-state index contributed by atoms with van der Waals surface area (Å²) in [6, 6.07) is 2.01. The van der Waals surface area contributed by atoms with Crippen molar-refractivity contribution in [1.82, 2.24) is 15.1 Å². The van der Waals surface area contributed by atoms with Gasteiger partial charge in [0.2, 0.25) is 0 Å². The van der Waals surface area contributed by atoms with Crippen molar-refractivity contribution in [2.45, 2.75) is 52.5 Å². The van der Waals surface area contributed by atoms with E-state index in [4.69, 9.17) is 5.73 Å². The van der Waals surface area contributed by atoms with Gasteiger partial charge in [0.05, 0.1) is 0 Å². The number of carbonyl (C=O) groups is 1. The minimum Gasteiger partial charge on any atom is -0.337 e. The van der Waals surface area contributed by atoms with Crippen molar-refractivity contribution in [3.8, 4) is 0 Å². The summed E-state index contributed by atoms with van der Waals surface area (Å²) in [7, 11) is 0. The molecule has 0 radical (unpaired) electrons. The van der Waals surface area contributed by atoms with E-state index in [-0.39, 0.29) is 22.8 Å². The van der Waals surface area contributed by atoms with Gasteiger partial charge in [-0.3, -0.25) is 9.89 Å². The molecule has 0 saturated carbocycles. The molecule has 1 aromatic heterocycles. The Labute approximate surface area is 120 Å². The fourth-order valence-electron chi connectivity index (χ4n) is 2.52. The van der Waals surface area contributed by atoms with Crippen LogP contribution < -0.4 is 5.73 Å². The first-order chi connectivity index (χ1) is 9.11. The average Bonchev–Trinajstić information content (AvgIpc) is 2.80. The summed E-state index contributed by atoms with van der Waals surface area (Å²) in [6.07, 6.45) is 0.843. The van der Waals surface area contributed by atoms with E-state index in [9.17, 15) is 4.79 Å². The molecule has 0 spiro atoms. The molecule has 1 atom stereocenters. The van der Waals surface area contributed by atoms with Gasteiger partial charge in [0.15, 0.2) is 0 Å². The number of amides is 1. The Kier molecular flexibility index (Phi) is 3.67. The third-order valence-electron chi connectivity index (χ3n) is 4.20. The number of piperidine rings is 1. The lowest BCUT2D eigenvalue weighted by Gasteiger charge is -2.42. The lowest BCUT2D eigenvalue weighted by atomic mass is 9.79. The van der Waals surface area contributed by atoms with E-state index in [1.165, 1.54) is 0 Å². The van der Waals surface area contributed by atoms with Gasteiger partial charge in [-0.1, -0.05) is 34.6 Å². The number of H-pyrrole nitrogens is 1. The van der Waals surface area contributed by atoms with E-state index in [0.29, 0.717) is 18.8 Å². The van der Waals surface area contributed by atoms with Crippen molar-refractivity contribution in [3.05, 3.63) is 17.5 Å². The molecule has 2 heterocycles. The van der Waals surface area contributed by atoms with E-state index in [2.05, 4.69) is 44.8 Å². The van der Waals surface area contributed by atoms with Crippen molar-refractivity contribution in [2.24, 2.45) is 11.1 Å². The molecule has 2 rings (SSSR count). The SMILES string of the molecule is CC(C)(C)c1cc(C(=O)N2CCC(N)C(C)(C)C2)n[nH]1. The molecular formula is C15H26N4O. The van der Waals surface area contributed by atoms with Gasteiger partial charge in [0, 0.05) is 30.2 Å². The quantitative estimate of drug-likeness (QED) is 0.824. The minimum atomic E-state index is -0.0446. The van der Waals surface area contributed by atoms with E-state index in [0.717, 1.165) is 12.1 Å². The topological polar surface area (TPSA) is 75.0 Å². The normalized spacial score (nSPS) is 22.9. The van der Waals surface area contributed by atoms with Gasteiger partial charge >= 0.3 is 0 Å². The van der Waals surface area contributed by atoms with Crippen LogP contribution in [0.3, 0.4) is 0 Å². The molecule has 1 aliphatic rings. The summed E-state index contributed by atoms with van der Waals surface area (Å²) in [5, 5.41) is 7.15. The lowest BCUT2D eigenvalue weighted by molar-refractivity contribution is 0.0527. The number of likely N-dealkylation sites (tertiary alicyclic amines) is 1. The van der Waals surface area contributed by atoms with Crippen LogP contribution in [0.4, 0.5) is 0 Å². The molecule has 20 heavy (non-hydrogen) atoms. The molecule has 112 valence electrons. The van der Waals surface area contributed by atoms with Crippen LogP contribution in [0.1, 0.15) is 57.2 Å². The van der Waals surface area contributed by atoms with Crippen LogP contribution in [0, 0.1) is 5.41 Å². The second kappa shape index (κ2) is 4.88. The van der Waals surface area contributed by atoms with Crippen molar-refractivity contribution < 1.29 is 4.79 Å². The predicted octanol–water partition coefficient (Wildman–Crippen LogP) is 1.91. The van der Waals surface area contributed by atoms with Crippen LogP contribution >= 0.6 is 0 Å². The Balaban J connectivity index is 2.14. The zero-order chi connectivity index (χ0) is 15.1. The number of aromatic amines is 1.